The van der Waals surface area contributed by atoms with E-state index in [1.54, 1.807) is 0 Å². The fourth-order valence-electron chi connectivity index (χ4n) is 3.18. The van der Waals surface area contributed by atoms with Crippen molar-refractivity contribution < 1.29 is 49.2 Å². The number of amides is 3. The van der Waals surface area contributed by atoms with Gasteiger partial charge in [0, 0.05) is 19.4 Å². The summed E-state index contributed by atoms with van der Waals surface area (Å²) < 4.78 is 0. The molecule has 0 radical (unpaired) electrons. The zero-order chi connectivity index (χ0) is 24.4. The average Bonchev–Trinajstić information content (AvgIpc) is 3.21. The zero-order valence-electron chi connectivity index (χ0n) is 17.2. The van der Waals surface area contributed by atoms with Gasteiger partial charge in [0.05, 0.1) is 12.6 Å². The van der Waals surface area contributed by atoms with E-state index in [1.807, 2.05) is 5.32 Å². The lowest BCUT2D eigenvalue weighted by Crippen LogP contribution is -2.57. The quantitative estimate of drug-likeness (QED) is 0.147. The van der Waals surface area contributed by atoms with Gasteiger partial charge >= 0.3 is 17.9 Å². The lowest BCUT2D eigenvalue weighted by atomic mass is 10.1. The van der Waals surface area contributed by atoms with E-state index >= 15 is 0 Å². The molecule has 0 spiro atoms. The van der Waals surface area contributed by atoms with E-state index in [9.17, 15) is 28.8 Å². The fraction of sp³-hybridized carbons (Fsp3) is 0.667. The van der Waals surface area contributed by atoms with Crippen molar-refractivity contribution in [2.24, 2.45) is 5.73 Å². The molecule has 32 heavy (non-hydrogen) atoms. The van der Waals surface area contributed by atoms with Gasteiger partial charge < -0.3 is 41.7 Å². The summed E-state index contributed by atoms with van der Waals surface area (Å²) in [5.74, 6) is -6.29. The van der Waals surface area contributed by atoms with Crippen LogP contribution in [-0.4, -0.2) is 98.3 Å². The Labute approximate surface area is 182 Å². The standard InChI is InChI=1S/C18H28N4O10/c19-9(3-5-13(24)25)17(30)22-7-1-2-12(22)16(29)20-10(4-6-14(26)27)15(28)21-11(8-23)18(31)32/h9-12,23H,1-8,19H2,(H,20,29)(H,21,28)(H,24,25)(H,26,27)(H,31,32). The highest BCUT2D eigenvalue weighted by Crippen LogP contribution is 2.19. The first-order chi connectivity index (χ1) is 15.0. The second-order valence-corrected chi connectivity index (χ2v) is 7.30. The first kappa shape index (κ1) is 26.8. The Bertz CT molecular complexity index is 743. The minimum Gasteiger partial charge on any atom is -0.481 e. The van der Waals surface area contributed by atoms with E-state index < -0.39 is 72.8 Å². The molecule has 0 aromatic heterocycles. The lowest BCUT2D eigenvalue weighted by Gasteiger charge is -2.28. The molecule has 4 unspecified atom stereocenters. The van der Waals surface area contributed by atoms with Crippen molar-refractivity contribution in [2.75, 3.05) is 13.2 Å². The molecule has 3 amide bonds. The number of hydrogen-bond acceptors (Lipinski definition) is 8. The highest BCUT2D eigenvalue weighted by molar-refractivity contribution is 5.94. The number of aliphatic hydroxyl groups is 1. The number of nitrogens with zero attached hydrogens (tertiary/aromatic N) is 1. The van der Waals surface area contributed by atoms with E-state index in [1.165, 1.54) is 4.90 Å². The molecule has 0 saturated carbocycles. The normalized spacial score (nSPS) is 18.3. The van der Waals surface area contributed by atoms with Gasteiger partial charge in [0.2, 0.25) is 17.7 Å². The van der Waals surface area contributed by atoms with Crippen LogP contribution in [-0.2, 0) is 28.8 Å². The Balaban J connectivity index is 2.88. The van der Waals surface area contributed by atoms with E-state index in [4.69, 9.17) is 26.2 Å². The van der Waals surface area contributed by atoms with Crippen LogP contribution in [0.3, 0.4) is 0 Å². The van der Waals surface area contributed by atoms with Gasteiger partial charge in [-0.15, -0.1) is 0 Å². The summed E-state index contributed by atoms with van der Waals surface area (Å²) in [5.41, 5.74) is 5.74. The van der Waals surface area contributed by atoms with Crippen LogP contribution < -0.4 is 16.4 Å². The summed E-state index contributed by atoms with van der Waals surface area (Å²) in [5, 5.41) is 40.0. The van der Waals surface area contributed by atoms with E-state index in [-0.39, 0.29) is 32.2 Å². The molecule has 4 atom stereocenters. The second-order valence-electron chi connectivity index (χ2n) is 7.30. The van der Waals surface area contributed by atoms with Crippen LogP contribution in [0.25, 0.3) is 0 Å². The van der Waals surface area contributed by atoms with Gasteiger partial charge in [-0.3, -0.25) is 24.0 Å². The molecule has 1 saturated heterocycles. The number of carbonyl (C=O) groups excluding carboxylic acids is 3. The van der Waals surface area contributed by atoms with Crippen molar-refractivity contribution in [3.63, 3.8) is 0 Å². The molecular formula is C18H28N4O10. The number of rotatable bonds is 13. The zero-order valence-corrected chi connectivity index (χ0v) is 17.2. The molecule has 14 nitrogen and oxygen atoms in total. The van der Waals surface area contributed by atoms with Crippen molar-refractivity contribution in [1.29, 1.82) is 0 Å². The van der Waals surface area contributed by atoms with Crippen LogP contribution in [0, 0.1) is 0 Å². The number of carboxylic acid groups (broad SMARTS) is 3. The summed E-state index contributed by atoms with van der Waals surface area (Å²) in [7, 11) is 0. The smallest absolute Gasteiger partial charge is 0.328 e. The summed E-state index contributed by atoms with van der Waals surface area (Å²) >= 11 is 0. The average molecular weight is 460 g/mol. The van der Waals surface area contributed by atoms with Gasteiger partial charge in [0.15, 0.2) is 0 Å². The third-order valence-corrected chi connectivity index (χ3v) is 4.90. The number of nitrogens with one attached hydrogen (secondary N) is 2. The topological polar surface area (TPSA) is 237 Å². The Morgan fingerprint density at radius 2 is 1.53 bits per heavy atom. The predicted molar refractivity (Wildman–Crippen MR) is 105 cm³/mol. The highest BCUT2D eigenvalue weighted by Gasteiger charge is 2.38. The van der Waals surface area contributed by atoms with E-state index in [0.717, 1.165) is 0 Å². The van der Waals surface area contributed by atoms with Crippen LogP contribution in [0.4, 0.5) is 0 Å². The Kier molecular flexibility index (Phi) is 10.5. The number of aliphatic carboxylic acids is 3. The fourth-order valence-corrected chi connectivity index (χ4v) is 3.18. The van der Waals surface area contributed by atoms with Crippen molar-refractivity contribution in [3.05, 3.63) is 0 Å². The summed E-state index contributed by atoms with van der Waals surface area (Å²) in [4.78, 5) is 71.5. The largest absolute Gasteiger partial charge is 0.481 e. The van der Waals surface area contributed by atoms with Gasteiger partial charge in [-0.05, 0) is 25.7 Å². The predicted octanol–water partition coefficient (Wildman–Crippen LogP) is -2.92. The Morgan fingerprint density at radius 1 is 0.938 bits per heavy atom. The summed E-state index contributed by atoms with van der Waals surface area (Å²) in [6.07, 6.45) is -0.630. The van der Waals surface area contributed by atoms with Crippen LogP contribution in [0.5, 0.6) is 0 Å². The van der Waals surface area contributed by atoms with Gasteiger partial charge in [0.1, 0.15) is 18.1 Å². The highest BCUT2D eigenvalue weighted by atomic mass is 16.4. The second kappa shape index (κ2) is 12.6. The number of nitrogens with two attached hydrogens (primary N) is 1. The molecular weight excluding hydrogens is 432 g/mol. The molecule has 1 rings (SSSR count). The van der Waals surface area contributed by atoms with Gasteiger partial charge in [-0.1, -0.05) is 0 Å². The van der Waals surface area contributed by atoms with Crippen molar-refractivity contribution in [2.45, 2.75) is 62.7 Å². The van der Waals surface area contributed by atoms with E-state index in [0.29, 0.717) is 6.42 Å². The van der Waals surface area contributed by atoms with Gasteiger partial charge in [-0.25, -0.2) is 4.79 Å². The molecule has 1 heterocycles. The van der Waals surface area contributed by atoms with Crippen LogP contribution in [0.1, 0.15) is 38.5 Å². The number of carbonyl (C=O) groups is 6. The van der Waals surface area contributed by atoms with Crippen molar-refractivity contribution >= 4 is 35.6 Å². The van der Waals surface area contributed by atoms with Crippen molar-refractivity contribution in [3.8, 4) is 0 Å². The van der Waals surface area contributed by atoms with Gasteiger partial charge in [0.25, 0.3) is 0 Å². The number of likely N-dealkylation sites (tertiary alicyclic amines) is 1. The molecule has 14 heteroatoms. The van der Waals surface area contributed by atoms with Gasteiger partial charge in [-0.2, -0.15) is 0 Å². The molecule has 8 N–H and O–H groups in total. The molecule has 1 aliphatic heterocycles. The minimum absolute atomic E-state index is 0.125. The maximum atomic E-state index is 12.8. The van der Waals surface area contributed by atoms with Crippen LogP contribution >= 0.6 is 0 Å². The summed E-state index contributed by atoms with van der Waals surface area (Å²) in [6, 6.07) is -5.22. The number of aliphatic hydroxyl groups excluding tert-OH is 1. The first-order valence-corrected chi connectivity index (χ1v) is 9.92. The van der Waals surface area contributed by atoms with Crippen molar-refractivity contribution in [1.82, 2.24) is 15.5 Å². The molecule has 180 valence electrons. The maximum absolute atomic E-state index is 12.8. The molecule has 1 aliphatic rings. The SMILES string of the molecule is NC(CCC(=O)O)C(=O)N1CCCC1C(=O)NC(CCC(=O)O)C(=O)NC(CO)C(=O)O. The number of hydrogen-bond donors (Lipinski definition) is 7. The first-order valence-electron chi connectivity index (χ1n) is 9.92. The molecule has 0 aromatic rings. The lowest BCUT2D eigenvalue weighted by molar-refractivity contribution is -0.144. The summed E-state index contributed by atoms with van der Waals surface area (Å²) in [6.45, 7) is -0.727. The molecule has 0 bridgehead atoms. The maximum Gasteiger partial charge on any atom is 0.328 e. The van der Waals surface area contributed by atoms with E-state index in [2.05, 4.69) is 5.32 Å². The Morgan fingerprint density at radius 3 is 2.06 bits per heavy atom. The van der Waals surface area contributed by atoms with Crippen LogP contribution in [0.15, 0.2) is 0 Å². The number of carboxylic acids is 3. The molecule has 0 aromatic carbocycles. The Hall–Kier alpha value is -3.26. The third-order valence-electron chi connectivity index (χ3n) is 4.90. The third kappa shape index (κ3) is 8.11. The monoisotopic (exact) mass is 460 g/mol. The minimum atomic E-state index is -1.65. The molecule has 0 aliphatic carbocycles. The molecule has 1 fully saturated rings. The van der Waals surface area contributed by atoms with Crippen LogP contribution in [0.2, 0.25) is 0 Å².